The summed E-state index contributed by atoms with van der Waals surface area (Å²) in [6.07, 6.45) is 6.55. The molecule has 90 valence electrons. The number of aryl methyl sites for hydroxylation is 1. The highest BCUT2D eigenvalue weighted by Gasteiger charge is 2.18. The van der Waals surface area contributed by atoms with E-state index in [1.54, 1.807) is 19.1 Å². The fourth-order valence-electron chi connectivity index (χ4n) is 2.21. The Morgan fingerprint density at radius 3 is 2.65 bits per heavy atom. The lowest BCUT2D eigenvalue weighted by Gasteiger charge is -2.19. The Labute approximate surface area is 101 Å². The lowest BCUT2D eigenvalue weighted by Crippen LogP contribution is -2.04. The van der Waals surface area contributed by atoms with Crippen LogP contribution in [0.4, 0.5) is 8.78 Å². The van der Waals surface area contributed by atoms with Gasteiger partial charge in [0, 0.05) is 5.56 Å². The second-order valence-corrected chi connectivity index (χ2v) is 4.56. The summed E-state index contributed by atoms with van der Waals surface area (Å²) in [4.78, 5) is 0. The van der Waals surface area contributed by atoms with E-state index in [-0.39, 0.29) is 0 Å². The zero-order chi connectivity index (χ0) is 12.4. The summed E-state index contributed by atoms with van der Waals surface area (Å²) in [5, 5.41) is 0. The van der Waals surface area contributed by atoms with Gasteiger partial charge in [0.25, 0.3) is 0 Å². The SMILES string of the molecule is C=CC1CC=C(c2ccc(C)c(F)c2F)CC1. The van der Waals surface area contributed by atoms with Gasteiger partial charge in [-0.05, 0) is 43.2 Å². The second-order valence-electron chi connectivity index (χ2n) is 4.56. The van der Waals surface area contributed by atoms with Crippen molar-refractivity contribution < 1.29 is 8.78 Å². The van der Waals surface area contributed by atoms with E-state index >= 15 is 0 Å². The zero-order valence-corrected chi connectivity index (χ0v) is 9.97. The third-order valence-corrected chi connectivity index (χ3v) is 3.41. The van der Waals surface area contributed by atoms with E-state index in [9.17, 15) is 8.78 Å². The smallest absolute Gasteiger partial charge is 0.166 e. The summed E-state index contributed by atoms with van der Waals surface area (Å²) >= 11 is 0. The lowest BCUT2D eigenvalue weighted by molar-refractivity contribution is 0.499. The van der Waals surface area contributed by atoms with E-state index in [1.807, 2.05) is 12.2 Å². The maximum absolute atomic E-state index is 13.8. The molecule has 1 atom stereocenters. The molecule has 0 saturated carbocycles. The van der Waals surface area contributed by atoms with E-state index in [2.05, 4.69) is 6.58 Å². The molecule has 2 rings (SSSR count). The van der Waals surface area contributed by atoms with Crippen LogP contribution in [0.2, 0.25) is 0 Å². The Morgan fingerprint density at radius 2 is 2.06 bits per heavy atom. The van der Waals surface area contributed by atoms with Gasteiger partial charge in [0.15, 0.2) is 11.6 Å². The van der Waals surface area contributed by atoms with Crippen LogP contribution in [0.5, 0.6) is 0 Å². The highest BCUT2D eigenvalue weighted by Crippen LogP contribution is 2.32. The third kappa shape index (κ3) is 2.31. The third-order valence-electron chi connectivity index (χ3n) is 3.41. The first kappa shape index (κ1) is 12.0. The molecule has 0 aromatic heterocycles. The van der Waals surface area contributed by atoms with Crippen molar-refractivity contribution >= 4 is 5.57 Å². The van der Waals surface area contributed by atoms with Crippen molar-refractivity contribution in [2.45, 2.75) is 26.2 Å². The Morgan fingerprint density at radius 1 is 1.29 bits per heavy atom. The molecular formula is C15H16F2. The molecule has 0 N–H and O–H groups in total. The number of hydrogen-bond acceptors (Lipinski definition) is 0. The molecule has 0 radical (unpaired) electrons. The van der Waals surface area contributed by atoms with Crippen LogP contribution >= 0.6 is 0 Å². The van der Waals surface area contributed by atoms with E-state index in [4.69, 9.17) is 0 Å². The van der Waals surface area contributed by atoms with Gasteiger partial charge in [0.05, 0.1) is 0 Å². The predicted octanol–water partition coefficient (Wildman–Crippen LogP) is 4.64. The van der Waals surface area contributed by atoms with Gasteiger partial charge < -0.3 is 0 Å². The molecule has 2 heteroatoms. The fourth-order valence-corrected chi connectivity index (χ4v) is 2.21. The van der Waals surface area contributed by atoms with Crippen LogP contribution in [-0.4, -0.2) is 0 Å². The molecule has 0 spiro atoms. The minimum atomic E-state index is -0.728. The molecule has 0 amide bonds. The van der Waals surface area contributed by atoms with Crippen molar-refractivity contribution in [3.8, 4) is 0 Å². The van der Waals surface area contributed by atoms with E-state index in [1.165, 1.54) is 0 Å². The largest absolute Gasteiger partial charge is 0.203 e. The number of halogens is 2. The Kier molecular flexibility index (Phi) is 3.41. The Bertz CT molecular complexity index is 472. The van der Waals surface area contributed by atoms with Crippen molar-refractivity contribution in [3.05, 3.63) is 53.6 Å². The summed E-state index contributed by atoms with van der Waals surface area (Å²) in [6.45, 7) is 5.34. The number of rotatable bonds is 2. The van der Waals surface area contributed by atoms with Crippen molar-refractivity contribution in [3.63, 3.8) is 0 Å². The number of allylic oxidation sites excluding steroid dienone is 3. The van der Waals surface area contributed by atoms with Crippen LogP contribution in [0, 0.1) is 24.5 Å². The van der Waals surface area contributed by atoms with Gasteiger partial charge in [-0.15, -0.1) is 6.58 Å². The molecule has 0 aliphatic heterocycles. The molecular weight excluding hydrogens is 218 g/mol. The molecule has 1 aromatic rings. The molecule has 0 saturated heterocycles. The first-order chi connectivity index (χ1) is 8.13. The topological polar surface area (TPSA) is 0 Å². The van der Waals surface area contributed by atoms with E-state index in [0.29, 0.717) is 17.0 Å². The fraction of sp³-hybridized carbons (Fsp3) is 0.333. The highest BCUT2D eigenvalue weighted by molar-refractivity contribution is 5.67. The van der Waals surface area contributed by atoms with Crippen LogP contribution in [0.1, 0.15) is 30.4 Å². The normalized spacial score (nSPS) is 19.9. The van der Waals surface area contributed by atoms with Crippen LogP contribution in [0.3, 0.4) is 0 Å². The molecule has 1 aliphatic rings. The van der Waals surface area contributed by atoms with Gasteiger partial charge in [-0.25, -0.2) is 8.78 Å². The molecule has 0 fully saturated rings. The highest BCUT2D eigenvalue weighted by atomic mass is 19.2. The van der Waals surface area contributed by atoms with Gasteiger partial charge in [0.1, 0.15) is 0 Å². The number of benzene rings is 1. The monoisotopic (exact) mass is 234 g/mol. The van der Waals surface area contributed by atoms with Gasteiger partial charge in [-0.3, -0.25) is 0 Å². The van der Waals surface area contributed by atoms with Crippen molar-refractivity contribution in [1.82, 2.24) is 0 Å². The molecule has 0 nitrogen and oxygen atoms in total. The number of hydrogen-bond donors (Lipinski definition) is 0. The minimum absolute atomic E-state index is 0.353. The van der Waals surface area contributed by atoms with Crippen LogP contribution in [-0.2, 0) is 0 Å². The van der Waals surface area contributed by atoms with Crippen molar-refractivity contribution in [2.24, 2.45) is 5.92 Å². The zero-order valence-electron chi connectivity index (χ0n) is 9.97. The van der Waals surface area contributed by atoms with E-state index in [0.717, 1.165) is 24.8 Å². The summed E-state index contributed by atoms with van der Waals surface area (Å²) in [5.74, 6) is -0.973. The van der Waals surface area contributed by atoms with Gasteiger partial charge in [0.2, 0.25) is 0 Å². The molecule has 1 aliphatic carbocycles. The van der Waals surface area contributed by atoms with Gasteiger partial charge in [-0.2, -0.15) is 0 Å². The predicted molar refractivity (Wildman–Crippen MR) is 66.6 cm³/mol. The summed E-state index contributed by atoms with van der Waals surface area (Å²) < 4.78 is 27.3. The molecule has 1 aromatic carbocycles. The Balaban J connectivity index is 2.33. The van der Waals surface area contributed by atoms with Gasteiger partial charge >= 0.3 is 0 Å². The first-order valence-corrected chi connectivity index (χ1v) is 5.90. The summed E-state index contributed by atoms with van der Waals surface area (Å²) in [6, 6.07) is 3.31. The molecule has 17 heavy (non-hydrogen) atoms. The summed E-state index contributed by atoms with van der Waals surface area (Å²) in [5.41, 5.74) is 1.68. The second kappa shape index (κ2) is 4.82. The standard InChI is InChI=1S/C15H16F2/c1-3-11-5-7-12(8-6-11)13-9-4-10(2)14(16)15(13)17/h3-4,7,9,11H,1,5-6,8H2,2H3. The van der Waals surface area contributed by atoms with Crippen LogP contribution in [0.15, 0.2) is 30.9 Å². The minimum Gasteiger partial charge on any atom is -0.203 e. The molecule has 0 bridgehead atoms. The maximum Gasteiger partial charge on any atom is 0.166 e. The maximum atomic E-state index is 13.8. The lowest BCUT2D eigenvalue weighted by atomic mass is 9.86. The average Bonchev–Trinajstić information content (AvgIpc) is 2.36. The molecule has 0 heterocycles. The average molecular weight is 234 g/mol. The first-order valence-electron chi connectivity index (χ1n) is 5.90. The van der Waals surface area contributed by atoms with E-state index < -0.39 is 11.6 Å². The van der Waals surface area contributed by atoms with Crippen molar-refractivity contribution in [1.29, 1.82) is 0 Å². The molecule has 1 unspecified atom stereocenters. The van der Waals surface area contributed by atoms with Crippen LogP contribution < -0.4 is 0 Å². The van der Waals surface area contributed by atoms with Gasteiger partial charge in [-0.1, -0.05) is 24.3 Å². The van der Waals surface area contributed by atoms with Crippen LogP contribution in [0.25, 0.3) is 5.57 Å². The quantitative estimate of drug-likeness (QED) is 0.654. The Hall–Kier alpha value is -1.44. The van der Waals surface area contributed by atoms with Crippen molar-refractivity contribution in [2.75, 3.05) is 0 Å². The summed E-state index contributed by atoms with van der Waals surface area (Å²) in [7, 11) is 0.